The molecule has 0 radical (unpaired) electrons. The normalized spacial score (nSPS) is 20.4. The number of amides is 1. The average Bonchev–Trinajstić information content (AvgIpc) is 2.61. The molecule has 2 rings (SSSR count). The Labute approximate surface area is 168 Å². The first-order valence-corrected chi connectivity index (χ1v) is 8.90. The number of hydrogen-bond donors (Lipinski definition) is 2. The smallest absolute Gasteiger partial charge is 0.243 e. The van der Waals surface area contributed by atoms with Gasteiger partial charge in [0.25, 0.3) is 0 Å². The van der Waals surface area contributed by atoms with Gasteiger partial charge in [0.1, 0.15) is 6.54 Å². The van der Waals surface area contributed by atoms with Gasteiger partial charge in [-0.25, -0.2) is 4.99 Å². The van der Waals surface area contributed by atoms with Gasteiger partial charge in [-0.3, -0.25) is 4.79 Å². The number of rotatable bonds is 5. The molecule has 5 nitrogen and oxygen atoms in total. The van der Waals surface area contributed by atoms with Gasteiger partial charge >= 0.3 is 0 Å². The second-order valence-corrected chi connectivity index (χ2v) is 6.59. The Morgan fingerprint density at radius 2 is 1.80 bits per heavy atom. The fourth-order valence-corrected chi connectivity index (χ4v) is 3.10. The molecule has 1 aromatic carbocycles. The summed E-state index contributed by atoms with van der Waals surface area (Å²) < 4.78 is 0. The predicted molar refractivity (Wildman–Crippen MR) is 115 cm³/mol. The Kier molecular flexibility index (Phi) is 9.85. The fraction of sp³-hybridized carbons (Fsp3) is 0.579. The molecule has 6 heteroatoms. The van der Waals surface area contributed by atoms with E-state index in [2.05, 4.69) is 46.0 Å². The Morgan fingerprint density at radius 1 is 1.16 bits per heavy atom. The second-order valence-electron chi connectivity index (χ2n) is 6.59. The predicted octanol–water partition coefficient (Wildman–Crippen LogP) is 2.97. The Morgan fingerprint density at radius 3 is 2.36 bits per heavy atom. The summed E-state index contributed by atoms with van der Waals surface area (Å²) in [5.41, 5.74) is 1.45. The number of carbonyl (C=O) groups excluding carboxylic acids is 1. The Bertz CT molecular complexity index is 540. The van der Waals surface area contributed by atoms with E-state index in [1.807, 2.05) is 6.92 Å². The van der Waals surface area contributed by atoms with Crippen molar-refractivity contribution >= 4 is 35.8 Å². The third-order valence-electron chi connectivity index (χ3n) is 4.55. The van der Waals surface area contributed by atoms with Crippen LogP contribution in [0.5, 0.6) is 0 Å². The maximum atomic E-state index is 11.7. The van der Waals surface area contributed by atoms with Gasteiger partial charge in [-0.15, -0.1) is 24.0 Å². The molecule has 1 fully saturated rings. The number of likely N-dealkylation sites (N-methyl/N-ethyl adjacent to an activating group) is 1. The van der Waals surface area contributed by atoms with Crippen LogP contribution in [0.1, 0.15) is 44.1 Å². The number of benzene rings is 1. The summed E-state index contributed by atoms with van der Waals surface area (Å²) in [5.74, 6) is 1.43. The first-order valence-electron chi connectivity index (χ1n) is 8.90. The van der Waals surface area contributed by atoms with Crippen LogP contribution < -0.4 is 10.6 Å². The molecule has 0 saturated heterocycles. The van der Waals surface area contributed by atoms with E-state index in [1.54, 1.807) is 19.0 Å². The molecule has 25 heavy (non-hydrogen) atoms. The summed E-state index contributed by atoms with van der Waals surface area (Å²) in [6.07, 6.45) is 4.65. The van der Waals surface area contributed by atoms with Crippen molar-refractivity contribution in [3.8, 4) is 0 Å². The van der Waals surface area contributed by atoms with Gasteiger partial charge in [-0.2, -0.15) is 0 Å². The lowest BCUT2D eigenvalue weighted by molar-refractivity contribution is -0.127. The van der Waals surface area contributed by atoms with Crippen LogP contribution in [0.25, 0.3) is 0 Å². The minimum atomic E-state index is 0. The lowest BCUT2D eigenvalue weighted by Crippen LogP contribution is -2.45. The zero-order valence-electron chi connectivity index (χ0n) is 15.5. The molecule has 0 aliphatic heterocycles. The number of nitrogens with zero attached hydrogens (tertiary/aromatic N) is 2. The van der Waals surface area contributed by atoms with Gasteiger partial charge in [-0.1, -0.05) is 30.3 Å². The highest BCUT2D eigenvalue weighted by Crippen LogP contribution is 2.32. The highest BCUT2D eigenvalue weighted by Gasteiger charge is 2.22. The standard InChI is InChI=1S/C19H30N4O.HI/c1-4-20-19(21-14-18(24)23(2)3)22-17-12-10-16(11-13-17)15-8-6-5-7-9-15;/h5-9,16-17H,4,10-14H2,1-3H3,(H2,20,21,22);1H. The molecular weight excluding hydrogens is 427 g/mol. The van der Waals surface area contributed by atoms with E-state index < -0.39 is 0 Å². The van der Waals surface area contributed by atoms with E-state index in [0.717, 1.165) is 25.3 Å². The summed E-state index contributed by atoms with van der Waals surface area (Å²) in [6, 6.07) is 11.2. The first kappa shape index (κ1) is 21.7. The molecule has 0 atom stereocenters. The lowest BCUT2D eigenvalue weighted by Gasteiger charge is -2.30. The Balaban J connectivity index is 0.00000312. The molecule has 0 aromatic heterocycles. The van der Waals surface area contributed by atoms with Crippen molar-refractivity contribution < 1.29 is 4.79 Å². The van der Waals surface area contributed by atoms with Crippen LogP contribution >= 0.6 is 24.0 Å². The van der Waals surface area contributed by atoms with E-state index in [0.29, 0.717) is 12.0 Å². The van der Waals surface area contributed by atoms with Crippen molar-refractivity contribution in [3.05, 3.63) is 35.9 Å². The quantitative estimate of drug-likeness (QED) is 0.405. The number of guanidine groups is 1. The summed E-state index contributed by atoms with van der Waals surface area (Å²) in [4.78, 5) is 17.7. The maximum Gasteiger partial charge on any atom is 0.243 e. The molecule has 1 saturated carbocycles. The maximum absolute atomic E-state index is 11.7. The minimum Gasteiger partial charge on any atom is -0.357 e. The zero-order valence-corrected chi connectivity index (χ0v) is 17.8. The van der Waals surface area contributed by atoms with Crippen molar-refractivity contribution in [1.82, 2.24) is 15.5 Å². The van der Waals surface area contributed by atoms with Crippen LogP contribution in [0.2, 0.25) is 0 Å². The molecule has 0 spiro atoms. The first-order chi connectivity index (χ1) is 11.6. The highest BCUT2D eigenvalue weighted by molar-refractivity contribution is 14.0. The van der Waals surface area contributed by atoms with Gasteiger partial charge < -0.3 is 15.5 Å². The van der Waals surface area contributed by atoms with Crippen molar-refractivity contribution in [2.75, 3.05) is 27.2 Å². The van der Waals surface area contributed by atoms with Crippen LogP contribution in [0.15, 0.2) is 35.3 Å². The summed E-state index contributed by atoms with van der Waals surface area (Å²) in [6.45, 7) is 3.01. The molecule has 1 aliphatic rings. The molecule has 140 valence electrons. The van der Waals surface area contributed by atoms with E-state index in [4.69, 9.17) is 0 Å². The molecule has 1 aliphatic carbocycles. The fourth-order valence-electron chi connectivity index (χ4n) is 3.10. The minimum absolute atomic E-state index is 0. The second kappa shape index (κ2) is 11.3. The van der Waals surface area contributed by atoms with E-state index >= 15 is 0 Å². The molecule has 0 heterocycles. The van der Waals surface area contributed by atoms with Crippen molar-refractivity contribution in [1.29, 1.82) is 0 Å². The topological polar surface area (TPSA) is 56.7 Å². The molecule has 1 amide bonds. The van der Waals surface area contributed by atoms with Crippen LogP contribution in [0, 0.1) is 0 Å². The molecule has 0 bridgehead atoms. The molecule has 1 aromatic rings. The third-order valence-corrected chi connectivity index (χ3v) is 4.55. The summed E-state index contributed by atoms with van der Waals surface area (Å²) in [5, 5.41) is 6.73. The third kappa shape index (κ3) is 7.22. The van der Waals surface area contributed by atoms with Gasteiger partial charge in [0.05, 0.1) is 0 Å². The molecule has 2 N–H and O–H groups in total. The Hall–Kier alpha value is -1.31. The van der Waals surface area contributed by atoms with E-state index in [9.17, 15) is 4.79 Å². The van der Waals surface area contributed by atoms with Crippen molar-refractivity contribution in [3.63, 3.8) is 0 Å². The van der Waals surface area contributed by atoms with Crippen LogP contribution in [0.4, 0.5) is 0 Å². The van der Waals surface area contributed by atoms with Gasteiger partial charge in [-0.05, 0) is 44.1 Å². The number of carbonyl (C=O) groups is 1. The van der Waals surface area contributed by atoms with Crippen LogP contribution in [-0.4, -0.2) is 50.0 Å². The summed E-state index contributed by atoms with van der Waals surface area (Å²) in [7, 11) is 3.51. The van der Waals surface area contributed by atoms with Gasteiger partial charge in [0, 0.05) is 26.7 Å². The van der Waals surface area contributed by atoms with Crippen LogP contribution in [-0.2, 0) is 4.79 Å². The van der Waals surface area contributed by atoms with E-state index in [-0.39, 0.29) is 36.4 Å². The lowest BCUT2D eigenvalue weighted by atomic mass is 9.82. The van der Waals surface area contributed by atoms with Crippen LogP contribution in [0.3, 0.4) is 0 Å². The highest BCUT2D eigenvalue weighted by atomic mass is 127. The number of halogens is 1. The van der Waals surface area contributed by atoms with Crippen molar-refractivity contribution in [2.24, 2.45) is 4.99 Å². The number of aliphatic imine (C=N–C) groups is 1. The largest absolute Gasteiger partial charge is 0.357 e. The molecule has 0 unspecified atom stereocenters. The van der Waals surface area contributed by atoms with Gasteiger partial charge in [0.15, 0.2) is 5.96 Å². The van der Waals surface area contributed by atoms with Gasteiger partial charge in [0.2, 0.25) is 5.91 Å². The monoisotopic (exact) mass is 458 g/mol. The number of hydrogen-bond acceptors (Lipinski definition) is 2. The van der Waals surface area contributed by atoms with Crippen molar-refractivity contribution in [2.45, 2.75) is 44.6 Å². The SMILES string of the molecule is CCNC(=NCC(=O)N(C)C)NC1CCC(c2ccccc2)CC1.I. The summed E-state index contributed by atoms with van der Waals surface area (Å²) >= 11 is 0. The molecular formula is C19H31IN4O. The zero-order chi connectivity index (χ0) is 17.4. The number of nitrogens with one attached hydrogen (secondary N) is 2. The average molecular weight is 458 g/mol. The van der Waals surface area contributed by atoms with E-state index in [1.165, 1.54) is 18.4 Å².